The van der Waals surface area contributed by atoms with Crippen molar-refractivity contribution in [2.75, 3.05) is 7.11 Å². The van der Waals surface area contributed by atoms with Crippen LogP contribution in [0.4, 0.5) is 0 Å². The zero-order valence-electron chi connectivity index (χ0n) is 8.88. The van der Waals surface area contributed by atoms with E-state index >= 15 is 0 Å². The molecule has 6 aliphatic rings. The van der Waals surface area contributed by atoms with E-state index in [2.05, 4.69) is 0 Å². The summed E-state index contributed by atoms with van der Waals surface area (Å²) < 4.78 is 10.5. The molecular formula is C12H12O4. The van der Waals surface area contributed by atoms with Gasteiger partial charge in [0.25, 0.3) is 0 Å². The van der Waals surface area contributed by atoms with Crippen molar-refractivity contribution >= 4 is 11.9 Å². The Balaban J connectivity index is 1.73. The van der Waals surface area contributed by atoms with Gasteiger partial charge >= 0.3 is 11.9 Å². The molecular weight excluding hydrogens is 208 g/mol. The number of carbonyl (C=O) groups excluding carboxylic acids is 2. The smallest absolute Gasteiger partial charge is 0.316 e. The molecule has 0 aromatic carbocycles. The van der Waals surface area contributed by atoms with E-state index in [-0.39, 0.29) is 29.9 Å². The van der Waals surface area contributed by atoms with Crippen LogP contribution in [0.1, 0.15) is 6.42 Å². The van der Waals surface area contributed by atoms with Crippen LogP contribution in [0.25, 0.3) is 0 Å². The van der Waals surface area contributed by atoms with Gasteiger partial charge in [0, 0.05) is 5.92 Å². The van der Waals surface area contributed by atoms with Crippen molar-refractivity contribution in [3.63, 3.8) is 0 Å². The zero-order chi connectivity index (χ0) is 10.8. The molecule has 0 aromatic rings. The van der Waals surface area contributed by atoms with Crippen LogP contribution in [0.2, 0.25) is 0 Å². The fourth-order valence-corrected chi connectivity index (χ4v) is 6.10. The summed E-state index contributed by atoms with van der Waals surface area (Å²) in [7, 11) is 1.45. The van der Waals surface area contributed by atoms with E-state index in [4.69, 9.17) is 9.47 Å². The first kappa shape index (κ1) is 8.09. The summed E-state index contributed by atoms with van der Waals surface area (Å²) in [5.41, 5.74) is -0.419. The molecule has 4 bridgehead atoms. The Morgan fingerprint density at radius 2 is 2.31 bits per heavy atom. The molecule has 6 fully saturated rings. The second-order valence-electron chi connectivity index (χ2n) is 5.99. The van der Waals surface area contributed by atoms with Crippen LogP contribution >= 0.6 is 0 Å². The van der Waals surface area contributed by atoms with E-state index in [1.54, 1.807) is 0 Å². The predicted octanol–water partition coefficient (Wildman–Crippen LogP) is 0.213. The lowest BCUT2D eigenvalue weighted by Crippen LogP contribution is -2.83. The van der Waals surface area contributed by atoms with E-state index in [0.29, 0.717) is 23.7 Å². The van der Waals surface area contributed by atoms with Gasteiger partial charge in [0.2, 0.25) is 0 Å². The highest BCUT2D eigenvalue weighted by Crippen LogP contribution is 2.88. The molecule has 8 atom stereocenters. The minimum Gasteiger partial charge on any atom is -0.468 e. The van der Waals surface area contributed by atoms with Crippen LogP contribution in [0.3, 0.4) is 0 Å². The van der Waals surface area contributed by atoms with Crippen molar-refractivity contribution in [3.8, 4) is 0 Å². The third kappa shape index (κ3) is 0.437. The number of hydrogen-bond acceptors (Lipinski definition) is 4. The molecule has 0 aromatic heterocycles. The fourth-order valence-electron chi connectivity index (χ4n) is 6.10. The summed E-state index contributed by atoms with van der Waals surface area (Å²) in [6.07, 6.45) is 0.928. The van der Waals surface area contributed by atoms with Crippen LogP contribution in [-0.4, -0.2) is 25.2 Å². The quantitative estimate of drug-likeness (QED) is 0.593. The molecule has 2 aliphatic heterocycles. The first-order valence-electron chi connectivity index (χ1n) is 6.01. The summed E-state index contributed by atoms with van der Waals surface area (Å²) in [4.78, 5) is 23.8. The number of carbonyl (C=O) groups is 2. The number of rotatable bonds is 1. The molecule has 4 aliphatic carbocycles. The molecule has 0 N–H and O–H groups in total. The second-order valence-corrected chi connectivity index (χ2v) is 5.99. The lowest BCUT2D eigenvalue weighted by molar-refractivity contribution is -0.340. The van der Waals surface area contributed by atoms with Gasteiger partial charge in [-0.2, -0.15) is 0 Å². The molecule has 2 heterocycles. The van der Waals surface area contributed by atoms with E-state index in [1.807, 2.05) is 0 Å². The SMILES string of the molecule is COC(=O)C12C3CC4C5C(C(=O)OC41)C2C53. The van der Waals surface area contributed by atoms with Gasteiger partial charge in [-0.15, -0.1) is 0 Å². The van der Waals surface area contributed by atoms with Crippen LogP contribution in [0, 0.1) is 40.9 Å². The topological polar surface area (TPSA) is 52.6 Å². The number of fused-ring (bicyclic) bond motifs is 1. The van der Waals surface area contributed by atoms with Crippen LogP contribution in [-0.2, 0) is 19.1 Å². The van der Waals surface area contributed by atoms with Gasteiger partial charge in [-0.1, -0.05) is 0 Å². The number of hydrogen-bond donors (Lipinski definition) is 0. The van der Waals surface area contributed by atoms with Gasteiger partial charge in [-0.05, 0) is 30.1 Å². The average molecular weight is 220 g/mol. The van der Waals surface area contributed by atoms with Gasteiger partial charge in [0.05, 0.1) is 13.0 Å². The van der Waals surface area contributed by atoms with Crippen LogP contribution in [0.15, 0.2) is 0 Å². The van der Waals surface area contributed by atoms with Crippen LogP contribution in [0.5, 0.6) is 0 Å². The number of methoxy groups -OCH3 is 1. The summed E-state index contributed by atoms with van der Waals surface area (Å²) in [6, 6.07) is 0. The Bertz CT molecular complexity index is 458. The highest BCUT2D eigenvalue weighted by atomic mass is 16.6. The lowest BCUT2D eigenvalue weighted by atomic mass is 9.28. The van der Waals surface area contributed by atoms with Crippen molar-refractivity contribution in [3.05, 3.63) is 0 Å². The van der Waals surface area contributed by atoms with E-state index in [9.17, 15) is 9.59 Å². The normalized spacial score (nSPS) is 66.1. The minimum absolute atomic E-state index is 0.0258. The molecule has 2 saturated heterocycles. The molecule has 4 nitrogen and oxygen atoms in total. The predicted molar refractivity (Wildman–Crippen MR) is 49.9 cm³/mol. The lowest BCUT2D eigenvalue weighted by Gasteiger charge is -2.76. The maximum absolute atomic E-state index is 12.1. The van der Waals surface area contributed by atoms with Crippen molar-refractivity contribution in [2.45, 2.75) is 12.5 Å². The minimum atomic E-state index is -0.419. The van der Waals surface area contributed by atoms with Crippen molar-refractivity contribution in [2.24, 2.45) is 40.9 Å². The Labute approximate surface area is 92.3 Å². The fraction of sp³-hybridized carbons (Fsp3) is 0.833. The third-order valence-electron chi connectivity index (χ3n) is 6.22. The molecule has 8 unspecified atom stereocenters. The van der Waals surface area contributed by atoms with Crippen molar-refractivity contribution < 1.29 is 19.1 Å². The Hall–Kier alpha value is -1.06. The highest BCUT2D eigenvalue weighted by Gasteiger charge is 2.93. The van der Waals surface area contributed by atoms with Crippen LogP contribution < -0.4 is 0 Å². The maximum atomic E-state index is 12.1. The van der Waals surface area contributed by atoms with Gasteiger partial charge in [-0.3, -0.25) is 9.59 Å². The summed E-state index contributed by atoms with van der Waals surface area (Å²) in [6.45, 7) is 0. The van der Waals surface area contributed by atoms with Gasteiger partial charge in [0.15, 0.2) is 0 Å². The molecule has 0 radical (unpaired) electrons. The van der Waals surface area contributed by atoms with E-state index in [0.717, 1.165) is 6.42 Å². The maximum Gasteiger partial charge on any atom is 0.316 e. The molecule has 84 valence electrons. The number of ether oxygens (including phenoxy) is 2. The van der Waals surface area contributed by atoms with Gasteiger partial charge < -0.3 is 9.47 Å². The zero-order valence-corrected chi connectivity index (χ0v) is 8.88. The molecule has 0 amide bonds. The summed E-state index contributed by atoms with van der Waals surface area (Å²) in [5.74, 6) is 2.22. The Morgan fingerprint density at radius 3 is 3.06 bits per heavy atom. The van der Waals surface area contributed by atoms with Gasteiger partial charge in [-0.25, -0.2) is 0 Å². The largest absolute Gasteiger partial charge is 0.468 e. The monoisotopic (exact) mass is 220 g/mol. The third-order valence-corrected chi connectivity index (χ3v) is 6.22. The molecule has 16 heavy (non-hydrogen) atoms. The Morgan fingerprint density at radius 1 is 1.50 bits per heavy atom. The molecule has 0 spiro atoms. The average Bonchev–Trinajstić information content (AvgIpc) is 2.62. The standard InChI is InChI=1S/C12H12O4/c1-15-11(14)12-4-2-3-5-6(4)8(12)7(5)10(13)16-9(3)12/h3-9H,2H2,1H3. The van der Waals surface area contributed by atoms with Gasteiger partial charge in [0.1, 0.15) is 11.5 Å². The first-order chi connectivity index (χ1) is 7.72. The summed E-state index contributed by atoms with van der Waals surface area (Å²) >= 11 is 0. The first-order valence-corrected chi connectivity index (χ1v) is 6.01. The molecule has 6 rings (SSSR count). The second kappa shape index (κ2) is 1.91. The number of esters is 2. The van der Waals surface area contributed by atoms with E-state index in [1.165, 1.54) is 7.11 Å². The highest BCUT2D eigenvalue weighted by molar-refractivity contribution is 5.89. The van der Waals surface area contributed by atoms with Crippen molar-refractivity contribution in [1.29, 1.82) is 0 Å². The molecule has 4 saturated carbocycles. The van der Waals surface area contributed by atoms with E-state index < -0.39 is 5.41 Å². The van der Waals surface area contributed by atoms with Crippen molar-refractivity contribution in [1.82, 2.24) is 0 Å². The Kier molecular flexibility index (Phi) is 0.967. The summed E-state index contributed by atoms with van der Waals surface area (Å²) in [5, 5.41) is 0. The molecule has 4 heteroatoms.